The molecule has 0 spiro atoms. The van der Waals surface area contributed by atoms with Crippen molar-refractivity contribution in [2.45, 2.75) is 31.2 Å². The van der Waals surface area contributed by atoms with Crippen molar-refractivity contribution in [2.75, 3.05) is 6.61 Å². The maximum atomic E-state index is 11.5. The first-order chi connectivity index (χ1) is 7.09. The number of carbonyl (C=O) groups is 1. The van der Waals surface area contributed by atoms with Gasteiger partial charge in [0.1, 0.15) is 5.25 Å². The van der Waals surface area contributed by atoms with Gasteiger partial charge < -0.3 is 9.72 Å². The van der Waals surface area contributed by atoms with E-state index in [1.807, 2.05) is 20.8 Å². The molecule has 1 heterocycles. The summed E-state index contributed by atoms with van der Waals surface area (Å²) in [6.45, 7) is 6.31. The Bertz CT molecular complexity index is 298. The Kier molecular flexibility index (Phi) is 4.68. The molecule has 84 valence electrons. The number of imidazole rings is 1. The number of nitrogens with one attached hydrogen (secondary N) is 1. The zero-order chi connectivity index (χ0) is 11.3. The first-order valence-corrected chi connectivity index (χ1v) is 5.80. The molecule has 0 aliphatic carbocycles. The first kappa shape index (κ1) is 12.1. The fourth-order valence-electron chi connectivity index (χ4n) is 0.897. The molecule has 0 aromatic carbocycles. The van der Waals surface area contributed by atoms with E-state index in [1.54, 1.807) is 12.4 Å². The number of aromatic amines is 1. The average Bonchev–Trinajstić information content (AvgIpc) is 2.66. The second-order valence-corrected chi connectivity index (χ2v) is 5.01. The van der Waals surface area contributed by atoms with Gasteiger partial charge in [0.05, 0.1) is 6.61 Å². The number of carbonyl (C=O) groups excluding carboxylic acids is 1. The van der Waals surface area contributed by atoms with Gasteiger partial charge in [-0.1, -0.05) is 25.6 Å². The number of aromatic nitrogens is 2. The minimum atomic E-state index is -0.227. The molecule has 0 amide bonds. The molecule has 0 bridgehead atoms. The lowest BCUT2D eigenvalue weighted by molar-refractivity contribution is -0.143. The molecule has 1 aromatic heterocycles. The van der Waals surface area contributed by atoms with E-state index in [-0.39, 0.29) is 11.2 Å². The number of hydrogen-bond acceptors (Lipinski definition) is 4. The van der Waals surface area contributed by atoms with Crippen molar-refractivity contribution in [3.8, 4) is 0 Å². The molecule has 15 heavy (non-hydrogen) atoms. The molecule has 1 unspecified atom stereocenters. The van der Waals surface area contributed by atoms with Gasteiger partial charge in [-0.3, -0.25) is 4.79 Å². The van der Waals surface area contributed by atoms with Crippen LogP contribution in [0.1, 0.15) is 20.8 Å². The third-order valence-corrected chi connectivity index (χ3v) is 2.64. The Morgan fingerprint density at radius 3 is 2.87 bits per heavy atom. The minimum absolute atomic E-state index is 0.190. The molecule has 5 heteroatoms. The zero-order valence-electron chi connectivity index (χ0n) is 9.19. The highest BCUT2D eigenvalue weighted by Crippen LogP contribution is 2.19. The van der Waals surface area contributed by atoms with Crippen LogP contribution in [0.5, 0.6) is 0 Å². The summed E-state index contributed by atoms with van der Waals surface area (Å²) in [6, 6.07) is 0. The quantitative estimate of drug-likeness (QED) is 0.619. The van der Waals surface area contributed by atoms with Crippen LogP contribution in [-0.4, -0.2) is 27.8 Å². The highest BCUT2D eigenvalue weighted by atomic mass is 32.2. The Morgan fingerprint density at radius 1 is 1.60 bits per heavy atom. The molecule has 1 rings (SSSR count). The van der Waals surface area contributed by atoms with Crippen molar-refractivity contribution in [3.05, 3.63) is 12.4 Å². The predicted octanol–water partition coefficient (Wildman–Crippen LogP) is 2.09. The van der Waals surface area contributed by atoms with Crippen LogP contribution in [0.4, 0.5) is 0 Å². The summed E-state index contributed by atoms with van der Waals surface area (Å²) >= 11 is 1.37. The third-order valence-electron chi connectivity index (χ3n) is 1.65. The Labute approximate surface area is 93.8 Å². The summed E-state index contributed by atoms with van der Waals surface area (Å²) < 4.78 is 5.11. The summed E-state index contributed by atoms with van der Waals surface area (Å²) in [5.41, 5.74) is 0. The molecule has 1 N–H and O–H groups in total. The number of rotatable bonds is 5. The van der Waals surface area contributed by atoms with Gasteiger partial charge in [0, 0.05) is 12.4 Å². The molecule has 0 aliphatic heterocycles. The van der Waals surface area contributed by atoms with Gasteiger partial charge in [-0.05, 0) is 12.8 Å². The maximum Gasteiger partial charge on any atom is 0.319 e. The molecule has 4 nitrogen and oxygen atoms in total. The fraction of sp³-hybridized carbons (Fsp3) is 0.600. The standard InChI is InChI=1S/C10H16N2O2S/c1-7(2)6-14-9(13)8(3)15-10-11-4-5-12-10/h4-5,7-8H,6H2,1-3H3,(H,11,12). The monoisotopic (exact) mass is 228 g/mol. The highest BCUT2D eigenvalue weighted by Gasteiger charge is 2.17. The van der Waals surface area contributed by atoms with Gasteiger partial charge in [-0.25, -0.2) is 4.98 Å². The summed E-state index contributed by atoms with van der Waals surface area (Å²) in [5, 5.41) is 0.513. The van der Waals surface area contributed by atoms with E-state index in [0.717, 1.165) is 5.16 Å². The van der Waals surface area contributed by atoms with Crippen LogP contribution in [0.2, 0.25) is 0 Å². The van der Waals surface area contributed by atoms with Gasteiger partial charge in [0.2, 0.25) is 0 Å². The lowest BCUT2D eigenvalue weighted by atomic mass is 10.2. The van der Waals surface area contributed by atoms with Crippen LogP contribution in [0.25, 0.3) is 0 Å². The van der Waals surface area contributed by atoms with Gasteiger partial charge >= 0.3 is 5.97 Å². The van der Waals surface area contributed by atoms with Gasteiger partial charge in [-0.15, -0.1) is 0 Å². The van der Waals surface area contributed by atoms with E-state index in [4.69, 9.17) is 4.74 Å². The van der Waals surface area contributed by atoms with E-state index in [2.05, 4.69) is 9.97 Å². The Balaban J connectivity index is 2.33. The molecule has 0 saturated carbocycles. The lowest BCUT2D eigenvalue weighted by Gasteiger charge is -2.11. The first-order valence-electron chi connectivity index (χ1n) is 4.92. The van der Waals surface area contributed by atoms with Crippen LogP contribution >= 0.6 is 11.8 Å². The average molecular weight is 228 g/mol. The van der Waals surface area contributed by atoms with Crippen molar-refractivity contribution in [3.63, 3.8) is 0 Å². The van der Waals surface area contributed by atoms with Crippen molar-refractivity contribution < 1.29 is 9.53 Å². The van der Waals surface area contributed by atoms with Crippen molar-refractivity contribution in [1.29, 1.82) is 0 Å². The van der Waals surface area contributed by atoms with Crippen LogP contribution in [0.15, 0.2) is 17.6 Å². The summed E-state index contributed by atoms with van der Waals surface area (Å²) in [5.74, 6) is 0.180. The molecule has 0 fully saturated rings. The topological polar surface area (TPSA) is 55.0 Å². The van der Waals surface area contributed by atoms with Crippen LogP contribution in [0, 0.1) is 5.92 Å². The van der Waals surface area contributed by atoms with E-state index in [0.29, 0.717) is 12.5 Å². The molecule has 0 radical (unpaired) electrons. The SMILES string of the molecule is CC(C)COC(=O)C(C)Sc1ncc[nH]1. The van der Waals surface area contributed by atoms with Gasteiger partial charge in [0.15, 0.2) is 5.16 Å². The normalized spacial score (nSPS) is 12.8. The van der Waals surface area contributed by atoms with E-state index in [1.165, 1.54) is 11.8 Å². The Morgan fingerprint density at radius 2 is 2.33 bits per heavy atom. The molecule has 1 atom stereocenters. The van der Waals surface area contributed by atoms with Crippen molar-refractivity contribution in [1.82, 2.24) is 9.97 Å². The van der Waals surface area contributed by atoms with Crippen LogP contribution in [-0.2, 0) is 9.53 Å². The van der Waals surface area contributed by atoms with Gasteiger partial charge in [0.25, 0.3) is 0 Å². The van der Waals surface area contributed by atoms with Crippen molar-refractivity contribution in [2.24, 2.45) is 5.92 Å². The van der Waals surface area contributed by atoms with E-state index in [9.17, 15) is 4.79 Å². The highest BCUT2D eigenvalue weighted by molar-refractivity contribution is 8.00. The zero-order valence-corrected chi connectivity index (χ0v) is 10.0. The molecular weight excluding hydrogens is 212 g/mol. The number of hydrogen-bond donors (Lipinski definition) is 1. The number of thioether (sulfide) groups is 1. The van der Waals surface area contributed by atoms with E-state index < -0.39 is 0 Å². The maximum absolute atomic E-state index is 11.5. The third kappa shape index (κ3) is 4.38. The summed E-state index contributed by atoms with van der Waals surface area (Å²) in [6.07, 6.45) is 3.39. The number of nitrogens with zero attached hydrogens (tertiary/aromatic N) is 1. The Hall–Kier alpha value is -0.970. The number of esters is 1. The fourth-order valence-corrected chi connectivity index (χ4v) is 1.65. The molecule has 0 saturated heterocycles. The minimum Gasteiger partial charge on any atom is -0.465 e. The largest absolute Gasteiger partial charge is 0.465 e. The lowest BCUT2D eigenvalue weighted by Crippen LogP contribution is -2.19. The number of ether oxygens (including phenoxy) is 1. The summed E-state index contributed by atoms with van der Waals surface area (Å²) in [4.78, 5) is 18.5. The molecule has 0 aliphatic rings. The van der Waals surface area contributed by atoms with Crippen LogP contribution < -0.4 is 0 Å². The molecule has 1 aromatic rings. The molecular formula is C10H16N2O2S. The van der Waals surface area contributed by atoms with Crippen molar-refractivity contribution >= 4 is 17.7 Å². The van der Waals surface area contributed by atoms with Crippen LogP contribution in [0.3, 0.4) is 0 Å². The predicted molar refractivity (Wildman–Crippen MR) is 59.7 cm³/mol. The van der Waals surface area contributed by atoms with E-state index >= 15 is 0 Å². The number of H-pyrrole nitrogens is 1. The van der Waals surface area contributed by atoms with Gasteiger partial charge in [-0.2, -0.15) is 0 Å². The second kappa shape index (κ2) is 5.80. The second-order valence-electron chi connectivity index (χ2n) is 3.68. The smallest absolute Gasteiger partial charge is 0.319 e. The summed E-state index contributed by atoms with van der Waals surface area (Å²) in [7, 11) is 0.